The van der Waals surface area contributed by atoms with Gasteiger partial charge in [-0.1, -0.05) is 0 Å². The third kappa shape index (κ3) is 3.82. The minimum absolute atomic E-state index is 0.0993. The Morgan fingerprint density at radius 2 is 2.32 bits per heavy atom. The number of aromatic nitrogens is 2. The Bertz CT molecular complexity index is 674. The largest absolute Gasteiger partial charge is 0.377 e. The standard InChI is InChI=1S/C16H20N2O3S/c1-12-4-6-15(22-12)14-5-7-16(19)18(17-14)8-10-20-11-13-3-2-9-21-13/h4-7,13H,2-3,8-11H2,1H3/t13-/m0/s1. The van der Waals surface area contributed by atoms with Gasteiger partial charge in [0, 0.05) is 17.6 Å². The summed E-state index contributed by atoms with van der Waals surface area (Å²) in [6.45, 7) is 4.42. The third-order valence-corrected chi connectivity index (χ3v) is 4.66. The first-order chi connectivity index (χ1) is 10.7. The van der Waals surface area contributed by atoms with Gasteiger partial charge in [-0.05, 0) is 38.0 Å². The van der Waals surface area contributed by atoms with Crippen LogP contribution in [0.2, 0.25) is 0 Å². The molecule has 0 amide bonds. The van der Waals surface area contributed by atoms with Crippen molar-refractivity contribution >= 4 is 11.3 Å². The van der Waals surface area contributed by atoms with Crippen molar-refractivity contribution in [2.24, 2.45) is 0 Å². The lowest BCUT2D eigenvalue weighted by Crippen LogP contribution is -2.25. The Hall–Kier alpha value is -1.50. The summed E-state index contributed by atoms with van der Waals surface area (Å²) >= 11 is 1.67. The van der Waals surface area contributed by atoms with Gasteiger partial charge in [-0.3, -0.25) is 4.79 Å². The minimum atomic E-state index is -0.0993. The average molecular weight is 320 g/mol. The lowest BCUT2D eigenvalue weighted by atomic mass is 10.2. The van der Waals surface area contributed by atoms with E-state index in [-0.39, 0.29) is 11.7 Å². The predicted octanol–water partition coefficient (Wildman–Crippen LogP) is 2.48. The zero-order valence-corrected chi connectivity index (χ0v) is 13.5. The molecule has 2 aromatic heterocycles. The fourth-order valence-corrected chi connectivity index (χ4v) is 3.29. The van der Waals surface area contributed by atoms with Crippen LogP contribution in [0, 0.1) is 6.92 Å². The van der Waals surface area contributed by atoms with Crippen LogP contribution < -0.4 is 5.56 Å². The van der Waals surface area contributed by atoms with Gasteiger partial charge in [-0.2, -0.15) is 5.10 Å². The van der Waals surface area contributed by atoms with Crippen LogP contribution in [0.15, 0.2) is 29.1 Å². The molecule has 0 spiro atoms. The van der Waals surface area contributed by atoms with Crippen LogP contribution >= 0.6 is 11.3 Å². The summed E-state index contributed by atoms with van der Waals surface area (Å²) in [5.74, 6) is 0. The van der Waals surface area contributed by atoms with Gasteiger partial charge in [0.25, 0.3) is 5.56 Å². The smallest absolute Gasteiger partial charge is 0.266 e. The molecule has 1 fully saturated rings. The van der Waals surface area contributed by atoms with Gasteiger partial charge >= 0.3 is 0 Å². The molecule has 3 heterocycles. The molecule has 5 nitrogen and oxygen atoms in total. The molecule has 0 aromatic carbocycles. The lowest BCUT2D eigenvalue weighted by molar-refractivity contribution is 0.0139. The fraction of sp³-hybridized carbons (Fsp3) is 0.500. The maximum absolute atomic E-state index is 11.9. The number of aryl methyl sites for hydroxylation is 1. The first kappa shape index (κ1) is 15.4. The van der Waals surface area contributed by atoms with Crippen LogP contribution in [0.5, 0.6) is 0 Å². The highest BCUT2D eigenvalue weighted by atomic mass is 32.1. The molecule has 1 saturated heterocycles. The molecule has 0 N–H and O–H groups in total. The number of hydrogen-bond donors (Lipinski definition) is 0. The number of ether oxygens (including phenoxy) is 2. The van der Waals surface area contributed by atoms with Gasteiger partial charge in [0.05, 0.1) is 30.7 Å². The van der Waals surface area contributed by atoms with E-state index in [1.807, 2.05) is 6.07 Å². The Labute approximate surface area is 133 Å². The zero-order valence-electron chi connectivity index (χ0n) is 12.7. The van der Waals surface area contributed by atoms with Gasteiger partial charge in [0.1, 0.15) is 5.69 Å². The quantitative estimate of drug-likeness (QED) is 0.767. The SMILES string of the molecule is Cc1ccc(-c2ccc(=O)n(CCOC[C@@H]3CCCO3)n2)s1. The normalized spacial score (nSPS) is 18.0. The lowest BCUT2D eigenvalue weighted by Gasteiger charge is -2.10. The molecule has 1 aliphatic rings. The molecule has 0 aliphatic carbocycles. The monoisotopic (exact) mass is 320 g/mol. The van der Waals surface area contributed by atoms with Gasteiger partial charge < -0.3 is 9.47 Å². The third-order valence-electron chi connectivity index (χ3n) is 3.63. The molecule has 1 atom stereocenters. The van der Waals surface area contributed by atoms with E-state index in [9.17, 15) is 4.79 Å². The topological polar surface area (TPSA) is 53.4 Å². The molecule has 1 aliphatic heterocycles. The number of thiophene rings is 1. The molecule has 118 valence electrons. The molecule has 3 rings (SSSR count). The molecule has 0 unspecified atom stereocenters. The summed E-state index contributed by atoms with van der Waals surface area (Å²) in [7, 11) is 0. The number of rotatable bonds is 6. The van der Waals surface area contributed by atoms with Crippen molar-refractivity contribution < 1.29 is 9.47 Å². The van der Waals surface area contributed by atoms with Crippen LogP contribution in [0.4, 0.5) is 0 Å². The van der Waals surface area contributed by atoms with Crippen LogP contribution in [0.25, 0.3) is 10.6 Å². The Morgan fingerprint density at radius 3 is 3.05 bits per heavy atom. The Balaban J connectivity index is 1.59. The van der Waals surface area contributed by atoms with Crippen LogP contribution in [0.1, 0.15) is 17.7 Å². The summed E-state index contributed by atoms with van der Waals surface area (Å²) in [4.78, 5) is 14.2. The molecule has 6 heteroatoms. The summed E-state index contributed by atoms with van der Waals surface area (Å²) in [6, 6.07) is 7.43. The second-order valence-corrected chi connectivity index (χ2v) is 6.69. The second-order valence-electron chi connectivity index (χ2n) is 5.40. The van der Waals surface area contributed by atoms with Crippen molar-refractivity contribution in [3.8, 4) is 10.6 Å². The van der Waals surface area contributed by atoms with Crippen molar-refractivity contribution in [1.29, 1.82) is 0 Å². The van der Waals surface area contributed by atoms with Crippen LogP contribution in [0.3, 0.4) is 0 Å². The van der Waals surface area contributed by atoms with E-state index in [0.29, 0.717) is 19.8 Å². The van der Waals surface area contributed by atoms with Crippen molar-refractivity contribution in [3.05, 3.63) is 39.5 Å². The van der Waals surface area contributed by atoms with E-state index in [4.69, 9.17) is 9.47 Å². The highest BCUT2D eigenvalue weighted by Gasteiger charge is 2.15. The highest BCUT2D eigenvalue weighted by Crippen LogP contribution is 2.24. The van der Waals surface area contributed by atoms with E-state index < -0.39 is 0 Å². The van der Waals surface area contributed by atoms with E-state index in [1.54, 1.807) is 23.5 Å². The van der Waals surface area contributed by atoms with Crippen LogP contribution in [-0.2, 0) is 16.0 Å². The second kappa shape index (κ2) is 7.17. The van der Waals surface area contributed by atoms with E-state index >= 15 is 0 Å². The molecule has 0 saturated carbocycles. The first-order valence-electron chi connectivity index (χ1n) is 7.57. The Kier molecular flexibility index (Phi) is 5.02. The summed E-state index contributed by atoms with van der Waals surface area (Å²) in [6.07, 6.45) is 2.38. The Morgan fingerprint density at radius 1 is 1.41 bits per heavy atom. The molecular weight excluding hydrogens is 300 g/mol. The molecular formula is C16H20N2O3S. The zero-order chi connectivity index (χ0) is 15.4. The summed E-state index contributed by atoms with van der Waals surface area (Å²) in [5.41, 5.74) is 0.731. The van der Waals surface area contributed by atoms with Crippen molar-refractivity contribution in [1.82, 2.24) is 9.78 Å². The fourth-order valence-electron chi connectivity index (χ4n) is 2.45. The highest BCUT2D eigenvalue weighted by molar-refractivity contribution is 7.15. The number of hydrogen-bond acceptors (Lipinski definition) is 5. The maximum Gasteiger partial charge on any atom is 0.266 e. The molecule has 0 radical (unpaired) electrons. The van der Waals surface area contributed by atoms with Crippen molar-refractivity contribution in [2.45, 2.75) is 32.4 Å². The molecule has 0 bridgehead atoms. The first-order valence-corrected chi connectivity index (χ1v) is 8.38. The van der Waals surface area contributed by atoms with Gasteiger partial charge in [-0.15, -0.1) is 11.3 Å². The number of nitrogens with zero attached hydrogens (tertiary/aromatic N) is 2. The van der Waals surface area contributed by atoms with E-state index in [2.05, 4.69) is 18.1 Å². The van der Waals surface area contributed by atoms with Gasteiger partial charge in [-0.25, -0.2) is 4.68 Å². The minimum Gasteiger partial charge on any atom is -0.377 e. The molecule has 2 aromatic rings. The van der Waals surface area contributed by atoms with E-state index in [0.717, 1.165) is 30.0 Å². The molecule has 22 heavy (non-hydrogen) atoms. The van der Waals surface area contributed by atoms with Gasteiger partial charge in [0.2, 0.25) is 0 Å². The average Bonchev–Trinajstić information content (AvgIpc) is 3.17. The summed E-state index contributed by atoms with van der Waals surface area (Å²) in [5, 5.41) is 4.43. The van der Waals surface area contributed by atoms with Crippen molar-refractivity contribution in [3.63, 3.8) is 0 Å². The predicted molar refractivity (Wildman–Crippen MR) is 86.3 cm³/mol. The van der Waals surface area contributed by atoms with Crippen LogP contribution in [-0.4, -0.2) is 35.7 Å². The van der Waals surface area contributed by atoms with Gasteiger partial charge in [0.15, 0.2) is 0 Å². The van der Waals surface area contributed by atoms with E-state index in [1.165, 1.54) is 9.56 Å². The maximum atomic E-state index is 11.9. The van der Waals surface area contributed by atoms with Crippen molar-refractivity contribution in [2.75, 3.05) is 19.8 Å². The summed E-state index contributed by atoms with van der Waals surface area (Å²) < 4.78 is 12.6.